The molecule has 2 N–H and O–H groups in total. The van der Waals surface area contributed by atoms with Crippen molar-refractivity contribution in [3.63, 3.8) is 0 Å². The van der Waals surface area contributed by atoms with E-state index in [-0.39, 0.29) is 42.7 Å². The lowest BCUT2D eigenvalue weighted by Crippen LogP contribution is -2.42. The second kappa shape index (κ2) is 11.7. The molecule has 2 atom stereocenters. The number of rotatable bonds is 7. The van der Waals surface area contributed by atoms with Gasteiger partial charge in [0.25, 0.3) is 0 Å². The minimum absolute atomic E-state index is 0.0186. The number of aryl methyl sites for hydroxylation is 1. The molecule has 0 aromatic carbocycles. The largest absolute Gasteiger partial charge is 0.377 e. The Balaban J connectivity index is 1.35. The third-order valence-corrected chi connectivity index (χ3v) is 7.01. The minimum atomic E-state index is -0.460. The van der Waals surface area contributed by atoms with Crippen LogP contribution < -0.4 is 15.5 Å². The Kier molecular flexibility index (Phi) is 7.97. The number of anilines is 3. The highest BCUT2D eigenvalue weighted by atomic mass is 16.5. The van der Waals surface area contributed by atoms with Crippen molar-refractivity contribution in [2.75, 3.05) is 62.2 Å². The Labute approximate surface area is 225 Å². The van der Waals surface area contributed by atoms with Crippen molar-refractivity contribution in [3.8, 4) is 6.07 Å². The molecule has 0 aliphatic carbocycles. The van der Waals surface area contributed by atoms with Gasteiger partial charge in [-0.2, -0.15) is 5.26 Å². The van der Waals surface area contributed by atoms with Crippen LogP contribution >= 0.6 is 0 Å². The molecule has 13 heteroatoms. The number of aromatic nitrogens is 2. The number of aldehydes is 1. The molecular formula is C26H29N7O6. The first-order chi connectivity index (χ1) is 19.0. The number of nitriles is 1. The van der Waals surface area contributed by atoms with Gasteiger partial charge in [0.2, 0.25) is 5.91 Å². The summed E-state index contributed by atoms with van der Waals surface area (Å²) in [7, 11) is 1.60. The highest BCUT2D eigenvalue weighted by Gasteiger charge is 2.30. The zero-order valence-corrected chi connectivity index (χ0v) is 21.5. The van der Waals surface area contributed by atoms with Gasteiger partial charge in [-0.25, -0.2) is 14.8 Å². The maximum Gasteiger partial charge on any atom is 0.328 e. The Morgan fingerprint density at radius 2 is 2.18 bits per heavy atom. The van der Waals surface area contributed by atoms with E-state index in [0.717, 1.165) is 5.56 Å². The van der Waals surface area contributed by atoms with Gasteiger partial charge in [-0.15, -0.1) is 0 Å². The number of fused-ring (bicyclic) bond motifs is 1. The van der Waals surface area contributed by atoms with Gasteiger partial charge in [-0.1, -0.05) is 0 Å². The van der Waals surface area contributed by atoms with E-state index in [1.165, 1.54) is 11.1 Å². The zero-order valence-electron chi connectivity index (χ0n) is 21.5. The van der Waals surface area contributed by atoms with Crippen molar-refractivity contribution in [2.24, 2.45) is 0 Å². The fraction of sp³-hybridized carbons (Fsp3) is 0.462. The standard InChI is InChI=1S/C26H29N7O6/c1-37-22-14-39-13-21(22)29-19-8-23(28-10-18(19)9-27)31-26(36)33-4-2-3-16-7-17(20(12-34)30-25(16)33)11-32-5-6-38-15-24(32)35/h7-8,10,12,21-22H,2-6,11,13-15H2,1H3,(H2,28,29,31,36)/t21?,22-/m0/s1. The van der Waals surface area contributed by atoms with Crippen LogP contribution in [0.5, 0.6) is 0 Å². The van der Waals surface area contributed by atoms with E-state index < -0.39 is 6.03 Å². The fourth-order valence-corrected chi connectivity index (χ4v) is 4.92. The number of amides is 3. The Hall–Kier alpha value is -4.12. The summed E-state index contributed by atoms with van der Waals surface area (Å²) in [5.41, 5.74) is 2.46. The van der Waals surface area contributed by atoms with Gasteiger partial charge < -0.3 is 24.4 Å². The molecule has 2 aromatic heterocycles. The summed E-state index contributed by atoms with van der Waals surface area (Å²) in [6.45, 7) is 2.42. The number of pyridine rings is 2. The predicted molar refractivity (Wildman–Crippen MR) is 139 cm³/mol. The molecule has 39 heavy (non-hydrogen) atoms. The van der Waals surface area contributed by atoms with Crippen LogP contribution in [0.1, 0.15) is 33.6 Å². The highest BCUT2D eigenvalue weighted by Crippen LogP contribution is 2.29. The quantitative estimate of drug-likeness (QED) is 0.495. The van der Waals surface area contributed by atoms with Crippen LogP contribution in [0.4, 0.5) is 22.1 Å². The van der Waals surface area contributed by atoms with Gasteiger partial charge in [0.15, 0.2) is 6.29 Å². The number of carbonyl (C=O) groups excluding carboxylic acids is 3. The fourth-order valence-electron chi connectivity index (χ4n) is 4.92. The van der Waals surface area contributed by atoms with Crippen molar-refractivity contribution in [1.29, 1.82) is 5.26 Å². The number of nitrogens with one attached hydrogen (secondary N) is 2. The van der Waals surface area contributed by atoms with Crippen LogP contribution in [0.2, 0.25) is 0 Å². The number of hydrogen-bond acceptors (Lipinski definition) is 10. The van der Waals surface area contributed by atoms with Gasteiger partial charge in [0.05, 0.1) is 37.1 Å². The Morgan fingerprint density at radius 3 is 2.95 bits per heavy atom. The lowest BCUT2D eigenvalue weighted by atomic mass is 10.0. The van der Waals surface area contributed by atoms with E-state index in [2.05, 4.69) is 26.7 Å². The summed E-state index contributed by atoms with van der Waals surface area (Å²) in [5, 5.41) is 15.6. The SMILES string of the molecule is CO[C@H]1COCC1Nc1cc(NC(=O)N2CCCc3cc(CN4CCOCC4=O)c(C=O)nc32)ncc1C#N. The van der Waals surface area contributed by atoms with Crippen LogP contribution in [0.3, 0.4) is 0 Å². The molecule has 3 aliphatic rings. The molecule has 0 saturated carbocycles. The molecule has 0 radical (unpaired) electrons. The van der Waals surface area contributed by atoms with Crippen LogP contribution in [-0.4, -0.2) is 91.9 Å². The summed E-state index contributed by atoms with van der Waals surface area (Å²) >= 11 is 0. The summed E-state index contributed by atoms with van der Waals surface area (Å²) in [6.07, 6.45) is 3.25. The molecule has 5 rings (SSSR count). The average molecular weight is 536 g/mol. The summed E-state index contributed by atoms with van der Waals surface area (Å²) < 4.78 is 16.1. The van der Waals surface area contributed by atoms with E-state index >= 15 is 0 Å². The number of methoxy groups -OCH3 is 1. The van der Waals surface area contributed by atoms with Crippen LogP contribution in [0.25, 0.3) is 0 Å². The topological polar surface area (TPSA) is 159 Å². The molecule has 2 fully saturated rings. The van der Waals surface area contributed by atoms with Gasteiger partial charge in [0.1, 0.15) is 36.1 Å². The number of urea groups is 1. The van der Waals surface area contributed by atoms with Gasteiger partial charge in [0, 0.05) is 44.6 Å². The van der Waals surface area contributed by atoms with Crippen molar-refractivity contribution in [3.05, 3.63) is 40.7 Å². The molecule has 13 nitrogen and oxygen atoms in total. The van der Waals surface area contributed by atoms with Gasteiger partial charge in [-0.3, -0.25) is 19.8 Å². The summed E-state index contributed by atoms with van der Waals surface area (Å²) in [6, 6.07) is 4.94. The number of carbonyl (C=O) groups is 3. The number of nitrogens with zero attached hydrogens (tertiary/aromatic N) is 5. The van der Waals surface area contributed by atoms with E-state index in [1.54, 1.807) is 18.1 Å². The lowest BCUT2D eigenvalue weighted by molar-refractivity contribution is -0.143. The van der Waals surface area contributed by atoms with Crippen molar-refractivity contribution < 1.29 is 28.6 Å². The monoisotopic (exact) mass is 535 g/mol. The first-order valence-corrected chi connectivity index (χ1v) is 12.7. The first-order valence-electron chi connectivity index (χ1n) is 12.7. The molecule has 0 bridgehead atoms. The molecule has 2 saturated heterocycles. The molecule has 2 aromatic rings. The number of morpholine rings is 1. The molecule has 5 heterocycles. The van der Waals surface area contributed by atoms with Gasteiger partial charge in [-0.05, 0) is 24.5 Å². The third-order valence-electron chi connectivity index (χ3n) is 7.01. The van der Waals surface area contributed by atoms with Crippen LogP contribution in [0.15, 0.2) is 18.3 Å². The maximum absolute atomic E-state index is 13.3. The normalized spacial score (nSPS) is 20.8. The molecule has 3 amide bonds. The van der Waals surface area contributed by atoms with Crippen molar-refractivity contribution >= 4 is 35.5 Å². The second-order valence-corrected chi connectivity index (χ2v) is 9.48. The Bertz CT molecular complexity index is 1310. The molecule has 0 spiro atoms. The van der Waals surface area contributed by atoms with E-state index in [1.807, 2.05) is 6.07 Å². The summed E-state index contributed by atoms with van der Waals surface area (Å²) in [4.78, 5) is 49.3. The molecule has 1 unspecified atom stereocenters. The maximum atomic E-state index is 13.3. The number of ether oxygens (including phenoxy) is 3. The average Bonchev–Trinajstić information content (AvgIpc) is 3.40. The third kappa shape index (κ3) is 5.68. The Morgan fingerprint density at radius 1 is 1.31 bits per heavy atom. The highest BCUT2D eigenvalue weighted by molar-refractivity contribution is 6.02. The van der Waals surface area contributed by atoms with Crippen molar-refractivity contribution in [1.82, 2.24) is 14.9 Å². The van der Waals surface area contributed by atoms with Crippen LogP contribution in [0, 0.1) is 11.3 Å². The predicted octanol–water partition coefficient (Wildman–Crippen LogP) is 1.33. The van der Waals surface area contributed by atoms with E-state index in [9.17, 15) is 19.6 Å². The van der Waals surface area contributed by atoms with E-state index in [0.29, 0.717) is 74.7 Å². The van der Waals surface area contributed by atoms with E-state index in [4.69, 9.17) is 14.2 Å². The number of hydrogen-bond donors (Lipinski definition) is 2. The molecular weight excluding hydrogens is 506 g/mol. The molecule has 204 valence electrons. The lowest BCUT2D eigenvalue weighted by Gasteiger charge is -2.31. The molecule has 3 aliphatic heterocycles. The van der Waals surface area contributed by atoms with Crippen LogP contribution in [-0.2, 0) is 32.0 Å². The second-order valence-electron chi connectivity index (χ2n) is 9.48. The first kappa shape index (κ1) is 26.5. The van der Waals surface area contributed by atoms with Gasteiger partial charge >= 0.3 is 6.03 Å². The summed E-state index contributed by atoms with van der Waals surface area (Å²) in [5.74, 6) is 0.509. The zero-order chi connectivity index (χ0) is 27.4. The minimum Gasteiger partial charge on any atom is -0.377 e. The van der Waals surface area contributed by atoms with Crippen molar-refractivity contribution in [2.45, 2.75) is 31.5 Å². The smallest absolute Gasteiger partial charge is 0.328 e.